The van der Waals surface area contributed by atoms with Gasteiger partial charge in [0.05, 0.1) is 19.2 Å². The van der Waals surface area contributed by atoms with Gasteiger partial charge in [-0.15, -0.1) is 10.2 Å². The van der Waals surface area contributed by atoms with Crippen LogP contribution in [-0.4, -0.2) is 58.3 Å². The standard InChI is InChI=1S/C15H25N5O3/c1-12(15-18-16-11-20(15)8-9-23-2)17-13(21)10-19-7-5-3-4-6-14(19)22/h11-12H,3-10H2,1-2H3,(H,17,21). The van der Waals surface area contributed by atoms with Gasteiger partial charge in [-0.1, -0.05) is 6.42 Å². The largest absolute Gasteiger partial charge is 0.383 e. The molecule has 128 valence electrons. The van der Waals surface area contributed by atoms with Crippen molar-refractivity contribution in [2.24, 2.45) is 0 Å². The van der Waals surface area contributed by atoms with Crippen LogP contribution in [0.15, 0.2) is 6.33 Å². The second-order valence-electron chi connectivity index (χ2n) is 5.79. The first-order chi connectivity index (χ1) is 11.1. The van der Waals surface area contributed by atoms with Gasteiger partial charge >= 0.3 is 0 Å². The molecule has 1 aliphatic rings. The van der Waals surface area contributed by atoms with Gasteiger partial charge in [0.1, 0.15) is 6.33 Å². The van der Waals surface area contributed by atoms with Crippen LogP contribution in [0, 0.1) is 0 Å². The van der Waals surface area contributed by atoms with Gasteiger partial charge in [-0.3, -0.25) is 9.59 Å². The summed E-state index contributed by atoms with van der Waals surface area (Å²) in [4.78, 5) is 25.8. The zero-order valence-corrected chi connectivity index (χ0v) is 13.8. The maximum atomic E-state index is 12.2. The van der Waals surface area contributed by atoms with Crippen molar-refractivity contribution in [3.8, 4) is 0 Å². The minimum absolute atomic E-state index is 0.0635. The van der Waals surface area contributed by atoms with Crippen LogP contribution in [0.5, 0.6) is 0 Å². The van der Waals surface area contributed by atoms with Crippen molar-refractivity contribution < 1.29 is 14.3 Å². The Labute approximate surface area is 136 Å². The molecule has 1 fully saturated rings. The first kappa shape index (κ1) is 17.4. The van der Waals surface area contributed by atoms with Gasteiger partial charge in [-0.05, 0) is 19.8 Å². The second-order valence-corrected chi connectivity index (χ2v) is 5.79. The van der Waals surface area contributed by atoms with E-state index in [1.54, 1.807) is 18.3 Å². The molecule has 0 bridgehead atoms. The number of rotatable bonds is 7. The van der Waals surface area contributed by atoms with E-state index in [1.807, 2.05) is 11.5 Å². The third kappa shape index (κ3) is 5.02. The molecule has 1 N–H and O–H groups in total. The molecule has 0 aliphatic carbocycles. The molecule has 1 aromatic rings. The molecule has 1 aliphatic heterocycles. The summed E-state index contributed by atoms with van der Waals surface area (Å²) in [5.74, 6) is 0.570. The zero-order chi connectivity index (χ0) is 16.7. The van der Waals surface area contributed by atoms with Crippen LogP contribution in [0.25, 0.3) is 0 Å². The van der Waals surface area contributed by atoms with Gasteiger partial charge < -0.3 is 19.5 Å². The van der Waals surface area contributed by atoms with Crippen LogP contribution in [-0.2, 0) is 20.9 Å². The number of hydrogen-bond donors (Lipinski definition) is 1. The molecule has 2 rings (SSSR count). The second kappa shape index (κ2) is 8.61. The maximum Gasteiger partial charge on any atom is 0.240 e. The molecular weight excluding hydrogens is 298 g/mol. The number of hydrogen-bond acceptors (Lipinski definition) is 5. The molecule has 2 heterocycles. The lowest BCUT2D eigenvalue weighted by molar-refractivity contribution is -0.135. The summed E-state index contributed by atoms with van der Waals surface area (Å²) < 4.78 is 6.90. The molecule has 2 amide bonds. The quantitative estimate of drug-likeness (QED) is 0.789. The fourth-order valence-corrected chi connectivity index (χ4v) is 2.69. The van der Waals surface area contributed by atoms with Crippen molar-refractivity contribution in [1.82, 2.24) is 25.0 Å². The van der Waals surface area contributed by atoms with Crippen LogP contribution >= 0.6 is 0 Å². The van der Waals surface area contributed by atoms with Gasteiger partial charge in [-0.2, -0.15) is 0 Å². The Bertz CT molecular complexity index is 531. The van der Waals surface area contributed by atoms with Crippen LogP contribution in [0.2, 0.25) is 0 Å². The zero-order valence-electron chi connectivity index (χ0n) is 13.8. The number of carbonyl (C=O) groups is 2. The Morgan fingerprint density at radius 1 is 1.43 bits per heavy atom. The van der Waals surface area contributed by atoms with E-state index < -0.39 is 0 Å². The number of ether oxygens (including phenoxy) is 1. The first-order valence-corrected chi connectivity index (χ1v) is 8.05. The number of aromatic nitrogens is 3. The highest BCUT2D eigenvalue weighted by atomic mass is 16.5. The van der Waals surface area contributed by atoms with E-state index in [1.165, 1.54) is 0 Å². The number of likely N-dealkylation sites (tertiary alicyclic amines) is 1. The summed E-state index contributed by atoms with van der Waals surface area (Å²) in [5, 5.41) is 10.8. The predicted octanol–water partition coefficient (Wildman–Crippen LogP) is 0.504. The Hall–Kier alpha value is -1.96. The molecule has 0 aromatic carbocycles. The first-order valence-electron chi connectivity index (χ1n) is 8.05. The Balaban J connectivity index is 1.89. The van der Waals surface area contributed by atoms with Crippen LogP contribution in [0.3, 0.4) is 0 Å². The van der Waals surface area contributed by atoms with E-state index in [4.69, 9.17) is 4.74 Å². The minimum atomic E-state index is -0.274. The molecule has 23 heavy (non-hydrogen) atoms. The number of nitrogens with one attached hydrogen (secondary N) is 1. The van der Waals surface area contributed by atoms with Crippen LogP contribution in [0.1, 0.15) is 44.5 Å². The van der Waals surface area contributed by atoms with Crippen molar-refractivity contribution in [2.45, 2.75) is 45.2 Å². The topological polar surface area (TPSA) is 89.3 Å². The Kier molecular flexibility index (Phi) is 6.52. The molecule has 8 heteroatoms. The Morgan fingerprint density at radius 2 is 2.26 bits per heavy atom. The van der Waals surface area contributed by atoms with Gasteiger partial charge in [0.2, 0.25) is 11.8 Å². The fraction of sp³-hybridized carbons (Fsp3) is 0.733. The third-order valence-electron chi connectivity index (χ3n) is 3.95. The van der Waals surface area contributed by atoms with Gasteiger partial charge in [-0.25, -0.2) is 0 Å². The summed E-state index contributed by atoms with van der Waals surface area (Å²) in [6, 6.07) is -0.274. The number of amides is 2. The monoisotopic (exact) mass is 323 g/mol. The molecule has 1 unspecified atom stereocenters. The lowest BCUT2D eigenvalue weighted by atomic mass is 10.2. The predicted molar refractivity (Wildman–Crippen MR) is 83.5 cm³/mol. The lowest BCUT2D eigenvalue weighted by Gasteiger charge is -2.21. The van der Waals surface area contributed by atoms with Crippen LogP contribution in [0.4, 0.5) is 0 Å². The molecule has 1 aromatic heterocycles. The molecular formula is C15H25N5O3. The average molecular weight is 323 g/mol. The summed E-state index contributed by atoms with van der Waals surface area (Å²) in [6.07, 6.45) is 5.07. The highest BCUT2D eigenvalue weighted by Gasteiger charge is 2.21. The van der Waals surface area contributed by atoms with Gasteiger partial charge in [0.15, 0.2) is 5.82 Å². The molecule has 1 atom stereocenters. The molecule has 0 radical (unpaired) electrons. The van der Waals surface area contributed by atoms with Gasteiger partial charge in [0.25, 0.3) is 0 Å². The Morgan fingerprint density at radius 3 is 3.04 bits per heavy atom. The maximum absolute atomic E-state index is 12.2. The van der Waals surface area contributed by atoms with Crippen LogP contribution < -0.4 is 5.32 Å². The van der Waals surface area contributed by atoms with E-state index in [-0.39, 0.29) is 24.4 Å². The molecule has 8 nitrogen and oxygen atoms in total. The number of nitrogens with zero attached hydrogens (tertiary/aromatic N) is 4. The summed E-state index contributed by atoms with van der Waals surface area (Å²) >= 11 is 0. The summed E-state index contributed by atoms with van der Waals surface area (Å²) in [5.41, 5.74) is 0. The number of carbonyl (C=O) groups excluding carboxylic acids is 2. The van der Waals surface area contributed by atoms with E-state index in [9.17, 15) is 9.59 Å². The minimum Gasteiger partial charge on any atom is -0.383 e. The summed E-state index contributed by atoms with van der Waals surface area (Å²) in [7, 11) is 1.63. The highest BCUT2D eigenvalue weighted by Crippen LogP contribution is 2.12. The normalized spacial score (nSPS) is 17.0. The van der Waals surface area contributed by atoms with Gasteiger partial charge in [0, 0.05) is 26.6 Å². The van der Waals surface area contributed by atoms with Crippen molar-refractivity contribution >= 4 is 11.8 Å². The fourth-order valence-electron chi connectivity index (χ4n) is 2.69. The average Bonchev–Trinajstić information content (AvgIpc) is 2.90. The smallest absolute Gasteiger partial charge is 0.240 e. The highest BCUT2D eigenvalue weighted by molar-refractivity contribution is 5.85. The van der Waals surface area contributed by atoms with E-state index >= 15 is 0 Å². The number of methoxy groups -OCH3 is 1. The van der Waals surface area contributed by atoms with Crippen molar-refractivity contribution in [1.29, 1.82) is 0 Å². The molecule has 0 spiro atoms. The van der Waals surface area contributed by atoms with E-state index in [0.717, 1.165) is 19.3 Å². The molecule has 1 saturated heterocycles. The van der Waals surface area contributed by atoms with Crippen molar-refractivity contribution in [3.05, 3.63) is 12.2 Å². The lowest BCUT2D eigenvalue weighted by Crippen LogP contribution is -2.41. The third-order valence-corrected chi connectivity index (χ3v) is 3.95. The van der Waals surface area contributed by atoms with E-state index in [0.29, 0.717) is 31.9 Å². The van der Waals surface area contributed by atoms with Crippen molar-refractivity contribution in [2.75, 3.05) is 26.8 Å². The SMILES string of the molecule is COCCn1cnnc1C(C)NC(=O)CN1CCCCCC1=O. The molecule has 0 saturated carbocycles. The summed E-state index contributed by atoms with van der Waals surface area (Å²) in [6.45, 7) is 3.80. The van der Waals surface area contributed by atoms with E-state index in [2.05, 4.69) is 15.5 Å². The van der Waals surface area contributed by atoms with Crippen molar-refractivity contribution in [3.63, 3.8) is 0 Å².